The van der Waals surface area contributed by atoms with Crippen molar-refractivity contribution in [2.45, 2.75) is 33.1 Å². The maximum absolute atomic E-state index is 13.2. The van der Waals surface area contributed by atoms with Crippen LogP contribution >= 0.6 is 0 Å². The van der Waals surface area contributed by atoms with Crippen LogP contribution in [0.1, 0.15) is 39.3 Å². The number of halogens is 1. The minimum absolute atomic E-state index is 0.185. The van der Waals surface area contributed by atoms with Crippen molar-refractivity contribution >= 4 is 11.9 Å². The molecule has 2 aromatic carbocycles. The largest absolute Gasteiger partial charge is 0.469 e. The van der Waals surface area contributed by atoms with E-state index in [0.717, 1.165) is 28.2 Å². The molecule has 1 amide bonds. The molecule has 0 saturated heterocycles. The molecule has 0 saturated carbocycles. The van der Waals surface area contributed by atoms with E-state index in [1.54, 1.807) is 18.2 Å². The van der Waals surface area contributed by atoms with E-state index in [1.165, 1.54) is 19.2 Å². The van der Waals surface area contributed by atoms with E-state index >= 15 is 0 Å². The van der Waals surface area contributed by atoms with Crippen molar-refractivity contribution in [3.63, 3.8) is 0 Å². The maximum Gasteiger partial charge on any atom is 0.305 e. The van der Waals surface area contributed by atoms with E-state index in [9.17, 15) is 14.0 Å². The summed E-state index contributed by atoms with van der Waals surface area (Å²) in [6.07, 6.45) is 1.43. The van der Waals surface area contributed by atoms with Gasteiger partial charge in [-0.05, 0) is 74.2 Å². The van der Waals surface area contributed by atoms with Gasteiger partial charge in [0.2, 0.25) is 0 Å². The Morgan fingerprint density at radius 3 is 2.52 bits per heavy atom. The summed E-state index contributed by atoms with van der Waals surface area (Å²) in [5, 5.41) is 7.44. The molecule has 0 spiro atoms. The summed E-state index contributed by atoms with van der Waals surface area (Å²) in [6, 6.07) is 13.5. The Morgan fingerprint density at radius 2 is 1.84 bits per heavy atom. The number of hydrogen-bond acceptors (Lipinski definition) is 4. The molecule has 7 heteroatoms. The second kappa shape index (κ2) is 10.0. The number of carbonyl (C=O) groups is 2. The van der Waals surface area contributed by atoms with Gasteiger partial charge in [-0.25, -0.2) is 9.07 Å². The first-order chi connectivity index (χ1) is 14.9. The topological polar surface area (TPSA) is 73.2 Å². The number of benzene rings is 2. The number of aryl methyl sites for hydroxylation is 1. The van der Waals surface area contributed by atoms with Crippen LogP contribution in [-0.2, 0) is 22.4 Å². The summed E-state index contributed by atoms with van der Waals surface area (Å²) in [4.78, 5) is 23.9. The number of carbonyl (C=O) groups excluding carboxylic acids is 2. The average molecular weight is 423 g/mol. The fourth-order valence-corrected chi connectivity index (χ4v) is 3.49. The third-order valence-corrected chi connectivity index (χ3v) is 5.21. The molecule has 31 heavy (non-hydrogen) atoms. The van der Waals surface area contributed by atoms with E-state index < -0.39 is 0 Å². The van der Waals surface area contributed by atoms with E-state index in [-0.39, 0.29) is 17.7 Å². The van der Waals surface area contributed by atoms with Crippen molar-refractivity contribution in [1.82, 2.24) is 15.1 Å². The number of hydrogen-bond donors (Lipinski definition) is 1. The number of nitrogens with zero attached hydrogens (tertiary/aromatic N) is 2. The molecule has 0 aliphatic rings. The fraction of sp³-hybridized carbons (Fsp3) is 0.292. The van der Waals surface area contributed by atoms with Gasteiger partial charge in [-0.2, -0.15) is 5.10 Å². The van der Waals surface area contributed by atoms with Crippen LogP contribution in [0.15, 0.2) is 48.5 Å². The van der Waals surface area contributed by atoms with Crippen molar-refractivity contribution < 1.29 is 18.7 Å². The van der Waals surface area contributed by atoms with Crippen molar-refractivity contribution in [3.05, 3.63) is 82.4 Å². The molecular weight excluding hydrogens is 397 g/mol. The number of methoxy groups -OCH3 is 1. The van der Waals surface area contributed by atoms with E-state index in [0.29, 0.717) is 31.4 Å². The second-order valence-corrected chi connectivity index (χ2v) is 7.32. The molecule has 0 atom stereocenters. The predicted molar refractivity (Wildman–Crippen MR) is 116 cm³/mol. The average Bonchev–Trinajstić information content (AvgIpc) is 3.05. The molecule has 3 rings (SSSR count). The van der Waals surface area contributed by atoms with Crippen molar-refractivity contribution in [1.29, 1.82) is 0 Å². The fourth-order valence-electron chi connectivity index (χ4n) is 3.49. The Morgan fingerprint density at radius 1 is 1.10 bits per heavy atom. The molecular formula is C24H26FN3O3. The normalized spacial score (nSPS) is 10.7. The molecule has 1 aromatic heterocycles. The lowest BCUT2D eigenvalue weighted by atomic mass is 10.1. The van der Waals surface area contributed by atoms with Crippen molar-refractivity contribution in [2.24, 2.45) is 0 Å². The summed E-state index contributed by atoms with van der Waals surface area (Å²) in [5.74, 6) is -0.716. The summed E-state index contributed by atoms with van der Waals surface area (Å²) >= 11 is 0. The highest BCUT2D eigenvalue weighted by Crippen LogP contribution is 2.20. The molecule has 3 aromatic rings. The third kappa shape index (κ3) is 5.57. The molecule has 6 nitrogen and oxygen atoms in total. The molecule has 0 fully saturated rings. The Balaban J connectivity index is 1.63. The highest BCUT2D eigenvalue weighted by atomic mass is 19.1. The zero-order chi connectivity index (χ0) is 22.4. The number of nitrogens with one attached hydrogen (secondary N) is 1. The molecule has 0 aliphatic carbocycles. The van der Waals surface area contributed by atoms with E-state index in [1.807, 2.05) is 36.7 Å². The van der Waals surface area contributed by atoms with Gasteiger partial charge in [0.25, 0.3) is 5.91 Å². The zero-order valence-electron chi connectivity index (χ0n) is 17.9. The molecule has 0 unspecified atom stereocenters. The van der Waals surface area contributed by atoms with Gasteiger partial charge in [-0.1, -0.05) is 12.1 Å². The van der Waals surface area contributed by atoms with Gasteiger partial charge in [0.1, 0.15) is 5.82 Å². The quantitative estimate of drug-likeness (QED) is 0.561. The standard InChI is InChI=1S/C24H26FN3O3/c1-16-22(11-12-23(29)31-3)17(2)28(27-16)21-9-7-19(8-10-21)24(30)26-14-13-18-5-4-6-20(25)15-18/h4-10,15H,11-14H2,1-3H3,(H,26,30). The minimum Gasteiger partial charge on any atom is -0.469 e. The van der Waals surface area contributed by atoms with Gasteiger partial charge in [-0.3, -0.25) is 9.59 Å². The van der Waals surface area contributed by atoms with Crippen molar-refractivity contribution in [2.75, 3.05) is 13.7 Å². The number of aromatic nitrogens is 2. The van der Waals surface area contributed by atoms with Gasteiger partial charge in [0.15, 0.2) is 0 Å². The summed E-state index contributed by atoms with van der Waals surface area (Å²) < 4.78 is 19.8. The number of rotatable bonds is 8. The van der Waals surface area contributed by atoms with Crippen LogP contribution in [0.4, 0.5) is 4.39 Å². The van der Waals surface area contributed by atoms with Crippen LogP contribution in [0, 0.1) is 19.7 Å². The van der Waals surface area contributed by atoms with Crippen molar-refractivity contribution in [3.8, 4) is 5.69 Å². The van der Waals surface area contributed by atoms with Crippen LogP contribution in [0.2, 0.25) is 0 Å². The van der Waals surface area contributed by atoms with Crippen LogP contribution in [0.5, 0.6) is 0 Å². The van der Waals surface area contributed by atoms with Gasteiger partial charge in [0.05, 0.1) is 18.5 Å². The highest BCUT2D eigenvalue weighted by molar-refractivity contribution is 5.94. The minimum atomic E-state index is -0.281. The molecule has 0 radical (unpaired) electrons. The Kier molecular flexibility index (Phi) is 7.18. The van der Waals surface area contributed by atoms with E-state index in [4.69, 9.17) is 4.74 Å². The number of ether oxygens (including phenoxy) is 1. The third-order valence-electron chi connectivity index (χ3n) is 5.21. The lowest BCUT2D eigenvalue weighted by Crippen LogP contribution is -2.25. The Labute approximate surface area is 181 Å². The van der Waals surface area contributed by atoms with Crippen LogP contribution in [0.25, 0.3) is 5.69 Å². The lowest BCUT2D eigenvalue weighted by molar-refractivity contribution is -0.140. The lowest BCUT2D eigenvalue weighted by Gasteiger charge is -2.08. The molecule has 0 bridgehead atoms. The molecule has 162 valence electrons. The predicted octanol–water partition coefficient (Wildman–Crippen LogP) is 3.71. The number of esters is 1. The second-order valence-electron chi connectivity index (χ2n) is 7.32. The van der Waals surface area contributed by atoms with Gasteiger partial charge in [-0.15, -0.1) is 0 Å². The van der Waals surface area contributed by atoms with E-state index in [2.05, 4.69) is 10.4 Å². The van der Waals surface area contributed by atoms with Crippen LogP contribution in [-0.4, -0.2) is 35.3 Å². The molecule has 1 heterocycles. The summed E-state index contributed by atoms with van der Waals surface area (Å²) in [5.41, 5.74) is 5.04. The number of amides is 1. The van der Waals surface area contributed by atoms with Crippen LogP contribution in [0.3, 0.4) is 0 Å². The highest BCUT2D eigenvalue weighted by Gasteiger charge is 2.15. The summed E-state index contributed by atoms with van der Waals surface area (Å²) in [6.45, 7) is 4.29. The van der Waals surface area contributed by atoms with Gasteiger partial charge < -0.3 is 10.1 Å². The Bertz CT molecular complexity index is 1070. The smallest absolute Gasteiger partial charge is 0.305 e. The monoisotopic (exact) mass is 423 g/mol. The SMILES string of the molecule is COC(=O)CCc1c(C)nn(-c2ccc(C(=O)NCCc3cccc(F)c3)cc2)c1C. The van der Waals surface area contributed by atoms with Gasteiger partial charge in [0, 0.05) is 24.2 Å². The molecule has 0 aliphatic heterocycles. The van der Waals surface area contributed by atoms with Crippen LogP contribution < -0.4 is 5.32 Å². The first-order valence-corrected chi connectivity index (χ1v) is 10.1. The summed E-state index contributed by atoms with van der Waals surface area (Å²) in [7, 11) is 1.38. The first kappa shape index (κ1) is 22.2. The van der Waals surface area contributed by atoms with Gasteiger partial charge >= 0.3 is 5.97 Å². The zero-order valence-corrected chi connectivity index (χ0v) is 17.9. The molecule has 1 N–H and O–H groups in total. The maximum atomic E-state index is 13.2. The first-order valence-electron chi connectivity index (χ1n) is 10.1. The Hall–Kier alpha value is -3.48.